The summed E-state index contributed by atoms with van der Waals surface area (Å²) < 4.78 is 14.7. The van der Waals surface area contributed by atoms with E-state index in [-0.39, 0.29) is 35.8 Å². The fourth-order valence-electron chi connectivity index (χ4n) is 6.18. The van der Waals surface area contributed by atoms with Crippen molar-refractivity contribution >= 4 is 46.4 Å². The Labute approximate surface area is 312 Å². The van der Waals surface area contributed by atoms with Gasteiger partial charge in [-0.05, 0) is 52.8 Å². The minimum Gasteiger partial charge on any atom is -0.397 e. The number of aliphatic hydroxyl groups excluding tert-OH is 1. The van der Waals surface area contributed by atoms with Gasteiger partial charge in [0.15, 0.2) is 11.4 Å². The number of carbonyl (C=O) groups excluding carboxylic acids is 2. The van der Waals surface area contributed by atoms with Gasteiger partial charge in [0.2, 0.25) is 11.8 Å². The van der Waals surface area contributed by atoms with Gasteiger partial charge < -0.3 is 35.5 Å². The lowest BCUT2D eigenvalue weighted by molar-refractivity contribution is -0.252. The Morgan fingerprint density at radius 1 is 0.865 bits per heavy atom. The zero-order chi connectivity index (χ0) is 36.5. The summed E-state index contributed by atoms with van der Waals surface area (Å²) in [5, 5.41) is 16.0. The number of halogens is 2. The Bertz CT molecular complexity index is 1970. The number of anilines is 2. The van der Waals surface area contributed by atoms with Crippen LogP contribution in [-0.4, -0.2) is 32.6 Å². The number of nitrogen functional groups attached to an aromatic ring is 1. The van der Waals surface area contributed by atoms with E-state index in [1.165, 1.54) is 0 Å². The van der Waals surface area contributed by atoms with Gasteiger partial charge in [-0.25, -0.2) is 4.98 Å². The molecule has 2 heterocycles. The largest absolute Gasteiger partial charge is 0.397 e. The molecule has 0 saturated carbocycles. The Hall–Kier alpha value is -4.71. The fourth-order valence-corrected chi connectivity index (χ4v) is 6.49. The number of nitrogens with one attached hydrogen (secondary N) is 2. The van der Waals surface area contributed by atoms with Crippen molar-refractivity contribution in [1.29, 1.82) is 0 Å². The molecule has 270 valence electrons. The van der Waals surface area contributed by atoms with Crippen molar-refractivity contribution in [3.8, 4) is 11.1 Å². The Balaban J connectivity index is 1.06. The number of carbonyl (C=O) groups is 2. The third-order valence-electron chi connectivity index (χ3n) is 9.03. The summed E-state index contributed by atoms with van der Waals surface area (Å²) in [5.41, 5.74) is 12.6. The summed E-state index contributed by atoms with van der Waals surface area (Å²) in [7, 11) is 0. The van der Waals surface area contributed by atoms with Gasteiger partial charge in [-0.15, -0.1) is 0 Å². The van der Waals surface area contributed by atoms with E-state index in [0.717, 1.165) is 33.4 Å². The van der Waals surface area contributed by atoms with Crippen LogP contribution in [0, 0.1) is 0 Å². The van der Waals surface area contributed by atoms with Gasteiger partial charge in [0.25, 0.3) is 0 Å². The predicted octanol–water partition coefficient (Wildman–Crippen LogP) is 7.99. The monoisotopic (exact) mass is 741 g/mol. The van der Waals surface area contributed by atoms with Gasteiger partial charge in [-0.2, -0.15) is 0 Å². The minimum absolute atomic E-state index is 0.0319. The normalized spacial score (nSPS) is 17.1. The maximum Gasteiger partial charge on any atom is 0.224 e. The van der Waals surface area contributed by atoms with Gasteiger partial charge in [-0.1, -0.05) is 108 Å². The number of ether oxygens (including phenoxy) is 2. The lowest BCUT2D eigenvalue weighted by atomic mass is 9.97. The third-order valence-corrected chi connectivity index (χ3v) is 9.80. The zero-order valence-corrected chi connectivity index (χ0v) is 30.0. The third kappa shape index (κ3) is 9.58. The first-order valence-corrected chi connectivity index (χ1v) is 18.0. The number of aliphatic hydroxyl groups is 1. The van der Waals surface area contributed by atoms with Crippen LogP contribution in [0.15, 0.2) is 103 Å². The quantitative estimate of drug-likeness (QED) is 0.0668. The highest BCUT2D eigenvalue weighted by Crippen LogP contribution is 2.39. The zero-order valence-electron chi connectivity index (χ0n) is 28.5. The summed E-state index contributed by atoms with van der Waals surface area (Å²) >= 11 is 12.5. The molecular formula is C40H41Cl2N5O5. The number of aromatic nitrogens is 2. The molecule has 3 atom stereocenters. The van der Waals surface area contributed by atoms with Crippen molar-refractivity contribution in [1.82, 2.24) is 14.9 Å². The first-order chi connectivity index (χ1) is 25.3. The second-order valence-corrected chi connectivity index (χ2v) is 13.4. The molecule has 0 radical (unpaired) electrons. The molecule has 1 aliphatic rings. The topological polar surface area (TPSA) is 141 Å². The Kier molecular flexibility index (Phi) is 12.6. The summed E-state index contributed by atoms with van der Waals surface area (Å²) in [6.07, 6.45) is 2.84. The van der Waals surface area contributed by atoms with Crippen LogP contribution < -0.4 is 16.4 Å². The van der Waals surface area contributed by atoms with Crippen molar-refractivity contribution in [3.63, 3.8) is 0 Å². The maximum absolute atomic E-state index is 12.7. The molecule has 0 spiro atoms. The highest BCUT2D eigenvalue weighted by Gasteiger charge is 2.33. The van der Waals surface area contributed by atoms with Crippen LogP contribution in [0.2, 0.25) is 10.3 Å². The van der Waals surface area contributed by atoms with Crippen molar-refractivity contribution in [2.45, 2.75) is 70.3 Å². The molecule has 1 aromatic heterocycles. The number of nitrogens with two attached hydrogens (primary N) is 1. The molecule has 1 fully saturated rings. The van der Waals surface area contributed by atoms with Crippen LogP contribution in [0.25, 0.3) is 11.1 Å². The SMILES string of the molecule is Nc1ccccc1NC(=O)CCCCC(=O)NCc1ccccc1-c1ccc([C@H]2O[C@@H](Cn3cnc(Cl)c3Cl)C[C@@H](c3ccc(CO)cc3)O2)cc1. The minimum atomic E-state index is -0.648. The number of amides is 2. The number of nitrogens with zero attached hydrogens (tertiary/aromatic N) is 2. The molecule has 2 amide bonds. The molecule has 1 saturated heterocycles. The van der Waals surface area contributed by atoms with E-state index in [0.29, 0.717) is 61.7 Å². The summed E-state index contributed by atoms with van der Waals surface area (Å²) in [4.78, 5) is 29.1. The van der Waals surface area contributed by atoms with Crippen LogP contribution in [-0.2, 0) is 38.8 Å². The molecule has 5 N–H and O–H groups in total. The van der Waals surface area contributed by atoms with Crippen LogP contribution in [0.5, 0.6) is 0 Å². The first-order valence-electron chi connectivity index (χ1n) is 17.2. The van der Waals surface area contributed by atoms with Crippen molar-refractivity contribution in [3.05, 3.63) is 136 Å². The molecule has 6 rings (SSSR count). The lowest BCUT2D eigenvalue weighted by Crippen LogP contribution is -2.32. The van der Waals surface area contributed by atoms with Gasteiger partial charge in [0, 0.05) is 31.4 Å². The molecular weight excluding hydrogens is 701 g/mol. The lowest BCUT2D eigenvalue weighted by Gasteiger charge is -2.36. The number of para-hydroxylation sites is 2. The van der Waals surface area contributed by atoms with Crippen LogP contribution in [0.4, 0.5) is 11.4 Å². The van der Waals surface area contributed by atoms with Gasteiger partial charge >= 0.3 is 0 Å². The summed E-state index contributed by atoms with van der Waals surface area (Å²) in [6, 6.07) is 30.8. The highest BCUT2D eigenvalue weighted by molar-refractivity contribution is 6.40. The number of benzene rings is 4. The summed E-state index contributed by atoms with van der Waals surface area (Å²) in [5.74, 6) is -0.198. The second-order valence-electron chi connectivity index (χ2n) is 12.7. The number of rotatable bonds is 14. The highest BCUT2D eigenvalue weighted by atomic mass is 35.5. The Morgan fingerprint density at radius 2 is 1.56 bits per heavy atom. The smallest absolute Gasteiger partial charge is 0.224 e. The van der Waals surface area contributed by atoms with Crippen molar-refractivity contribution in [2.24, 2.45) is 0 Å². The average molecular weight is 743 g/mol. The molecule has 52 heavy (non-hydrogen) atoms. The molecule has 0 aliphatic carbocycles. The van der Waals surface area contributed by atoms with E-state index in [9.17, 15) is 14.7 Å². The van der Waals surface area contributed by atoms with Crippen LogP contribution >= 0.6 is 23.2 Å². The average Bonchev–Trinajstić information content (AvgIpc) is 3.49. The van der Waals surface area contributed by atoms with E-state index in [1.807, 2.05) is 84.9 Å². The van der Waals surface area contributed by atoms with Crippen LogP contribution in [0.3, 0.4) is 0 Å². The van der Waals surface area contributed by atoms with E-state index < -0.39 is 6.29 Å². The number of hydrogen-bond acceptors (Lipinski definition) is 7. The van der Waals surface area contributed by atoms with E-state index in [4.69, 9.17) is 38.4 Å². The predicted molar refractivity (Wildman–Crippen MR) is 202 cm³/mol. The molecule has 4 aromatic carbocycles. The molecule has 0 unspecified atom stereocenters. The number of imidazole rings is 1. The standard InChI is InChI=1S/C40H41Cl2N5O5/c41-38-39(42)47(25-45-38)23-31-21-35(28-15-13-26(24-48)14-16-28)52-40(51-31)29-19-17-27(18-20-29)32-8-2-1-7-30(32)22-44-36(49)11-5-6-12-37(50)46-34-10-4-3-9-33(34)43/h1-4,7-10,13-20,25,31,35,40,48H,5-6,11-12,21-24,43H2,(H,44,49)(H,46,50)/t31-,35+,40+/m1/s1. The number of unbranched alkanes of at least 4 members (excludes halogenated alkanes) is 1. The number of hydrogen-bond donors (Lipinski definition) is 4. The molecule has 12 heteroatoms. The van der Waals surface area contributed by atoms with Gasteiger partial charge in [-0.3, -0.25) is 9.59 Å². The fraction of sp³-hybridized carbons (Fsp3) is 0.275. The van der Waals surface area contributed by atoms with E-state index in [2.05, 4.69) is 15.6 Å². The van der Waals surface area contributed by atoms with E-state index >= 15 is 0 Å². The van der Waals surface area contributed by atoms with Crippen LogP contribution in [0.1, 0.15) is 66.8 Å². The summed E-state index contributed by atoms with van der Waals surface area (Å²) in [6.45, 7) is 0.786. The molecule has 1 aliphatic heterocycles. The first kappa shape index (κ1) is 37.1. The van der Waals surface area contributed by atoms with E-state index in [1.54, 1.807) is 23.0 Å². The second kappa shape index (κ2) is 17.7. The van der Waals surface area contributed by atoms with Crippen molar-refractivity contribution < 1.29 is 24.2 Å². The Morgan fingerprint density at radius 3 is 2.27 bits per heavy atom. The van der Waals surface area contributed by atoms with Gasteiger partial charge in [0.05, 0.1) is 43.1 Å². The molecule has 5 aromatic rings. The molecule has 0 bridgehead atoms. The molecule has 10 nitrogen and oxygen atoms in total. The maximum atomic E-state index is 12.7. The van der Waals surface area contributed by atoms with Gasteiger partial charge in [0.1, 0.15) is 5.15 Å². The van der Waals surface area contributed by atoms with Crippen molar-refractivity contribution in [2.75, 3.05) is 11.1 Å².